The van der Waals surface area contributed by atoms with Crippen LogP contribution in [-0.4, -0.2) is 29.7 Å². The lowest BCUT2D eigenvalue weighted by Crippen LogP contribution is -2.20. The van der Waals surface area contributed by atoms with Gasteiger partial charge < -0.3 is 15.2 Å². The Hall–Kier alpha value is -3.42. The molecule has 2 aromatic rings. The fraction of sp³-hybridized carbons (Fsp3) is 0.211. The molecule has 0 aliphatic rings. The molecule has 0 fully saturated rings. The van der Waals surface area contributed by atoms with Crippen LogP contribution in [0, 0.1) is 5.82 Å². The highest BCUT2D eigenvalue weighted by Crippen LogP contribution is 2.26. The number of amides is 2. The second kappa shape index (κ2) is 9.91. The number of aromatic hydroxyl groups is 1. The van der Waals surface area contributed by atoms with Gasteiger partial charge in [-0.2, -0.15) is 5.10 Å². The van der Waals surface area contributed by atoms with Crippen LogP contribution in [0.1, 0.15) is 25.3 Å². The average Bonchev–Trinajstić information content (AvgIpc) is 2.65. The van der Waals surface area contributed by atoms with Crippen molar-refractivity contribution in [2.75, 3.05) is 11.9 Å². The van der Waals surface area contributed by atoms with Crippen LogP contribution in [0.15, 0.2) is 47.6 Å². The van der Waals surface area contributed by atoms with Gasteiger partial charge >= 0.3 is 0 Å². The lowest BCUT2D eigenvalue weighted by Gasteiger charge is -2.06. The van der Waals surface area contributed by atoms with Crippen LogP contribution in [-0.2, 0) is 9.59 Å². The van der Waals surface area contributed by atoms with Crippen LogP contribution in [0.5, 0.6) is 11.5 Å². The molecule has 8 heteroatoms. The molecule has 142 valence electrons. The summed E-state index contributed by atoms with van der Waals surface area (Å²) in [6, 6.07) is 10.4. The van der Waals surface area contributed by atoms with E-state index in [4.69, 9.17) is 4.74 Å². The predicted molar refractivity (Wildman–Crippen MR) is 99.3 cm³/mol. The molecule has 0 aliphatic heterocycles. The molecule has 2 rings (SSSR count). The molecular weight excluding hydrogens is 353 g/mol. The number of rotatable bonds is 8. The van der Waals surface area contributed by atoms with Gasteiger partial charge in [-0.25, -0.2) is 9.82 Å². The third kappa shape index (κ3) is 6.43. The van der Waals surface area contributed by atoms with E-state index in [1.165, 1.54) is 30.5 Å². The summed E-state index contributed by atoms with van der Waals surface area (Å²) in [5.74, 6) is -1.14. The minimum absolute atomic E-state index is 0.0129. The van der Waals surface area contributed by atoms with E-state index in [0.29, 0.717) is 17.9 Å². The van der Waals surface area contributed by atoms with Gasteiger partial charge in [-0.3, -0.25) is 9.59 Å². The van der Waals surface area contributed by atoms with E-state index in [0.717, 1.165) is 0 Å². The number of anilines is 1. The number of hydrogen-bond donors (Lipinski definition) is 3. The number of hydrazone groups is 1. The number of halogens is 1. The normalized spacial score (nSPS) is 10.6. The van der Waals surface area contributed by atoms with Crippen molar-refractivity contribution in [1.29, 1.82) is 0 Å². The molecule has 7 nitrogen and oxygen atoms in total. The van der Waals surface area contributed by atoms with Gasteiger partial charge in [0.2, 0.25) is 11.8 Å². The van der Waals surface area contributed by atoms with Gasteiger partial charge in [0.25, 0.3) is 0 Å². The first-order valence-corrected chi connectivity index (χ1v) is 8.31. The number of nitrogens with zero attached hydrogens (tertiary/aromatic N) is 1. The number of ether oxygens (including phenoxy) is 1. The number of hydrogen-bond acceptors (Lipinski definition) is 5. The molecule has 3 N–H and O–H groups in total. The first-order chi connectivity index (χ1) is 13.0. The van der Waals surface area contributed by atoms with Crippen LogP contribution in [0.3, 0.4) is 0 Å². The summed E-state index contributed by atoms with van der Waals surface area (Å²) in [4.78, 5) is 23.5. The molecule has 0 spiro atoms. The second-order valence-electron chi connectivity index (χ2n) is 5.48. The summed E-state index contributed by atoms with van der Waals surface area (Å²) in [6.07, 6.45) is 1.18. The summed E-state index contributed by atoms with van der Waals surface area (Å²) in [7, 11) is 0. The zero-order valence-electron chi connectivity index (χ0n) is 14.7. The largest absolute Gasteiger partial charge is 0.504 e. The summed E-state index contributed by atoms with van der Waals surface area (Å²) >= 11 is 0. The Morgan fingerprint density at radius 3 is 2.67 bits per heavy atom. The standard InChI is InChI=1S/C19H20FN3O4/c1-2-27-17-11-13(7-8-16(17)24)12-21-23-19(26)10-9-18(25)22-15-6-4-3-5-14(15)20/h3-8,11-12,24H,2,9-10H2,1H3,(H,22,25)(H,23,26)/b21-12+. The van der Waals surface area contributed by atoms with Crippen LogP contribution in [0.2, 0.25) is 0 Å². The minimum Gasteiger partial charge on any atom is -0.504 e. The van der Waals surface area contributed by atoms with Gasteiger partial charge in [0.15, 0.2) is 11.5 Å². The fourth-order valence-corrected chi connectivity index (χ4v) is 2.12. The highest BCUT2D eigenvalue weighted by molar-refractivity contribution is 5.93. The molecular formula is C19H20FN3O4. The lowest BCUT2D eigenvalue weighted by atomic mass is 10.2. The monoisotopic (exact) mass is 373 g/mol. The highest BCUT2D eigenvalue weighted by atomic mass is 19.1. The Balaban J connectivity index is 1.79. The van der Waals surface area contributed by atoms with Gasteiger partial charge in [-0.1, -0.05) is 12.1 Å². The maximum Gasteiger partial charge on any atom is 0.240 e. The molecule has 2 amide bonds. The molecule has 0 heterocycles. The van der Waals surface area contributed by atoms with Gasteiger partial charge in [-0.05, 0) is 42.8 Å². The Labute approximate surface area is 155 Å². The molecule has 0 aliphatic carbocycles. The predicted octanol–water partition coefficient (Wildman–Crippen LogP) is 2.80. The van der Waals surface area contributed by atoms with E-state index in [2.05, 4.69) is 15.8 Å². The first-order valence-electron chi connectivity index (χ1n) is 8.31. The highest BCUT2D eigenvalue weighted by Gasteiger charge is 2.09. The molecule has 0 radical (unpaired) electrons. The van der Waals surface area contributed by atoms with Crippen LogP contribution in [0.4, 0.5) is 10.1 Å². The van der Waals surface area contributed by atoms with E-state index in [9.17, 15) is 19.1 Å². The number of phenolic OH excluding ortho intramolecular Hbond substituents is 1. The quantitative estimate of drug-likeness (QED) is 0.489. The molecule has 0 saturated heterocycles. The third-order valence-corrected chi connectivity index (χ3v) is 3.41. The molecule has 27 heavy (non-hydrogen) atoms. The average molecular weight is 373 g/mol. The van der Waals surface area contributed by atoms with E-state index >= 15 is 0 Å². The minimum atomic E-state index is -0.541. The van der Waals surface area contributed by atoms with Crippen molar-refractivity contribution in [2.24, 2.45) is 5.10 Å². The van der Waals surface area contributed by atoms with Crippen molar-refractivity contribution in [3.8, 4) is 11.5 Å². The molecule has 0 aromatic heterocycles. The van der Waals surface area contributed by atoms with E-state index < -0.39 is 17.6 Å². The van der Waals surface area contributed by atoms with Crippen LogP contribution in [0.25, 0.3) is 0 Å². The number of phenols is 1. The fourth-order valence-electron chi connectivity index (χ4n) is 2.12. The van der Waals surface area contributed by atoms with Crippen molar-refractivity contribution >= 4 is 23.7 Å². The van der Waals surface area contributed by atoms with Gasteiger partial charge in [0.1, 0.15) is 5.82 Å². The SMILES string of the molecule is CCOc1cc(/C=N/NC(=O)CCC(=O)Nc2ccccc2F)ccc1O. The Bertz CT molecular complexity index is 839. The molecule has 2 aromatic carbocycles. The molecule has 0 bridgehead atoms. The Morgan fingerprint density at radius 1 is 1.19 bits per heavy atom. The van der Waals surface area contributed by atoms with Crippen LogP contribution < -0.4 is 15.5 Å². The van der Waals surface area contributed by atoms with Gasteiger partial charge in [-0.15, -0.1) is 0 Å². The summed E-state index contributed by atoms with van der Waals surface area (Å²) in [6.45, 7) is 2.20. The van der Waals surface area contributed by atoms with E-state index in [-0.39, 0.29) is 24.3 Å². The molecule has 0 unspecified atom stereocenters. The maximum atomic E-state index is 13.4. The van der Waals surface area contributed by atoms with Crippen LogP contribution >= 0.6 is 0 Å². The van der Waals surface area contributed by atoms with E-state index in [1.54, 1.807) is 25.1 Å². The van der Waals surface area contributed by atoms with E-state index in [1.807, 2.05) is 0 Å². The van der Waals surface area contributed by atoms with Gasteiger partial charge in [0.05, 0.1) is 18.5 Å². The first kappa shape index (κ1) is 19.9. The molecule has 0 atom stereocenters. The summed E-state index contributed by atoms with van der Waals surface area (Å²) < 4.78 is 18.7. The zero-order valence-corrected chi connectivity index (χ0v) is 14.7. The lowest BCUT2D eigenvalue weighted by molar-refractivity contribution is -0.124. The number of carbonyl (C=O) groups excluding carboxylic acids is 2. The Kier molecular flexibility index (Phi) is 7.30. The van der Waals surface area contributed by atoms with Crippen molar-refractivity contribution in [2.45, 2.75) is 19.8 Å². The van der Waals surface area contributed by atoms with Crippen molar-refractivity contribution in [1.82, 2.24) is 5.43 Å². The van der Waals surface area contributed by atoms with Gasteiger partial charge in [0, 0.05) is 12.8 Å². The third-order valence-electron chi connectivity index (χ3n) is 3.41. The second-order valence-corrected chi connectivity index (χ2v) is 5.48. The van der Waals surface area contributed by atoms with Crippen molar-refractivity contribution < 1.29 is 23.8 Å². The van der Waals surface area contributed by atoms with Crippen molar-refractivity contribution in [3.63, 3.8) is 0 Å². The summed E-state index contributed by atoms with van der Waals surface area (Å²) in [5, 5.41) is 15.8. The smallest absolute Gasteiger partial charge is 0.240 e. The Morgan fingerprint density at radius 2 is 1.93 bits per heavy atom. The maximum absolute atomic E-state index is 13.4. The zero-order chi connectivity index (χ0) is 19.6. The number of carbonyl (C=O) groups is 2. The number of para-hydroxylation sites is 1. The number of benzene rings is 2. The molecule has 0 saturated carbocycles. The topological polar surface area (TPSA) is 100 Å². The summed E-state index contributed by atoms with van der Waals surface area (Å²) in [5.41, 5.74) is 2.99. The number of nitrogens with one attached hydrogen (secondary N) is 2. The van der Waals surface area contributed by atoms with Crippen molar-refractivity contribution in [3.05, 3.63) is 53.8 Å².